The minimum atomic E-state index is -3.69. The Bertz CT molecular complexity index is 1430. The third-order valence-electron chi connectivity index (χ3n) is 7.16. The molecule has 0 radical (unpaired) electrons. The highest BCUT2D eigenvalue weighted by Gasteiger charge is 2.29. The van der Waals surface area contributed by atoms with E-state index in [1.54, 1.807) is 43.5 Å². The van der Waals surface area contributed by atoms with Crippen LogP contribution in [0.15, 0.2) is 77.7 Å². The molecule has 0 aromatic heterocycles. The van der Waals surface area contributed by atoms with Crippen molar-refractivity contribution in [2.45, 2.75) is 31.6 Å². The molecular weight excluding hydrogens is 528 g/mol. The molecule has 3 aromatic rings. The first-order valence-corrected chi connectivity index (χ1v) is 14.9. The van der Waals surface area contributed by atoms with E-state index in [2.05, 4.69) is 15.5 Å². The summed E-state index contributed by atoms with van der Waals surface area (Å²) >= 11 is 0. The van der Waals surface area contributed by atoms with Gasteiger partial charge in [0.2, 0.25) is 15.9 Å². The molecule has 10 heteroatoms. The third-order valence-corrected chi connectivity index (χ3v) is 9.08. The lowest BCUT2D eigenvalue weighted by Gasteiger charge is -2.35. The van der Waals surface area contributed by atoms with Gasteiger partial charge in [0, 0.05) is 49.0 Å². The van der Waals surface area contributed by atoms with E-state index in [0.29, 0.717) is 43.1 Å². The van der Waals surface area contributed by atoms with Crippen LogP contribution in [0.25, 0.3) is 0 Å². The van der Waals surface area contributed by atoms with Crippen LogP contribution in [0.1, 0.15) is 37.0 Å². The zero-order chi connectivity index (χ0) is 28.7. The van der Waals surface area contributed by atoms with Gasteiger partial charge in [0.05, 0.1) is 17.7 Å². The number of sulfonamides is 1. The Morgan fingerprint density at radius 2 is 1.52 bits per heavy atom. The topological polar surface area (TPSA) is 108 Å². The molecule has 0 saturated carbocycles. The Morgan fingerprint density at radius 1 is 0.850 bits per heavy atom. The van der Waals surface area contributed by atoms with E-state index in [4.69, 9.17) is 4.74 Å². The average molecular weight is 565 g/mol. The zero-order valence-electron chi connectivity index (χ0n) is 23.1. The number of carbonyl (C=O) groups is 2. The number of hydrogen-bond acceptors (Lipinski definition) is 6. The lowest BCUT2D eigenvalue weighted by Crippen LogP contribution is -2.48. The van der Waals surface area contributed by atoms with Gasteiger partial charge in [-0.3, -0.25) is 9.59 Å². The van der Waals surface area contributed by atoms with E-state index < -0.39 is 10.0 Å². The number of benzene rings is 3. The van der Waals surface area contributed by atoms with Crippen molar-refractivity contribution in [3.8, 4) is 5.75 Å². The number of piperazine rings is 1. The van der Waals surface area contributed by atoms with Crippen LogP contribution in [0.3, 0.4) is 0 Å². The summed E-state index contributed by atoms with van der Waals surface area (Å²) < 4.78 is 33.5. The van der Waals surface area contributed by atoms with Crippen molar-refractivity contribution in [2.75, 3.05) is 48.8 Å². The van der Waals surface area contributed by atoms with Crippen molar-refractivity contribution >= 4 is 38.9 Å². The number of amides is 2. The van der Waals surface area contributed by atoms with E-state index >= 15 is 0 Å². The molecule has 1 fully saturated rings. The van der Waals surface area contributed by atoms with Crippen molar-refractivity contribution in [1.82, 2.24) is 4.31 Å². The summed E-state index contributed by atoms with van der Waals surface area (Å²) in [6, 6.07) is 20.6. The standard InChI is InChI=1S/C30H36N4O5S/c1-4-22(5-2)29(35)32-25-10-8-9-23(21-25)30(36)31-24-13-15-26(16-14-24)40(37,38)34-19-17-33(18-20-34)27-11-6-7-12-28(27)39-3/h6-16,21-22H,4-5,17-20H2,1-3H3,(H,31,36)(H,32,35). The minimum absolute atomic E-state index is 0.0689. The second-order valence-corrected chi connectivity index (χ2v) is 11.6. The maximum absolute atomic E-state index is 13.3. The van der Waals surface area contributed by atoms with Crippen molar-refractivity contribution in [3.63, 3.8) is 0 Å². The Balaban J connectivity index is 1.37. The summed E-state index contributed by atoms with van der Waals surface area (Å²) in [5.41, 5.74) is 2.35. The molecule has 40 heavy (non-hydrogen) atoms. The normalized spacial score (nSPS) is 14.2. The van der Waals surface area contributed by atoms with Crippen LogP contribution in [0.2, 0.25) is 0 Å². The number of para-hydroxylation sites is 2. The highest BCUT2D eigenvalue weighted by molar-refractivity contribution is 7.89. The van der Waals surface area contributed by atoms with Gasteiger partial charge in [-0.2, -0.15) is 4.31 Å². The molecule has 1 heterocycles. The van der Waals surface area contributed by atoms with E-state index in [0.717, 1.165) is 24.3 Å². The van der Waals surface area contributed by atoms with Gasteiger partial charge in [0.1, 0.15) is 5.75 Å². The summed E-state index contributed by atoms with van der Waals surface area (Å²) in [6.07, 6.45) is 1.49. The first kappa shape index (κ1) is 29.1. The minimum Gasteiger partial charge on any atom is -0.495 e. The second kappa shape index (κ2) is 13.0. The van der Waals surface area contributed by atoms with Crippen LogP contribution in [0.4, 0.5) is 17.1 Å². The molecule has 0 atom stereocenters. The molecule has 1 saturated heterocycles. The first-order valence-electron chi connectivity index (χ1n) is 13.5. The van der Waals surface area contributed by atoms with E-state index in [9.17, 15) is 18.0 Å². The number of ether oxygens (including phenoxy) is 1. The number of carbonyl (C=O) groups excluding carboxylic acids is 2. The lowest BCUT2D eigenvalue weighted by molar-refractivity contribution is -0.120. The molecule has 1 aliphatic rings. The van der Waals surface area contributed by atoms with Crippen molar-refractivity contribution < 1.29 is 22.7 Å². The van der Waals surface area contributed by atoms with E-state index in [-0.39, 0.29) is 22.6 Å². The van der Waals surface area contributed by atoms with E-state index in [1.165, 1.54) is 16.4 Å². The SMILES string of the molecule is CCC(CC)C(=O)Nc1cccc(C(=O)Nc2ccc(S(=O)(=O)N3CCN(c4ccccc4OC)CC3)cc2)c1. The van der Waals surface area contributed by atoms with Gasteiger partial charge in [-0.15, -0.1) is 0 Å². The fourth-order valence-corrected chi connectivity index (χ4v) is 6.19. The third kappa shape index (κ3) is 6.63. The fourth-order valence-electron chi connectivity index (χ4n) is 4.76. The summed E-state index contributed by atoms with van der Waals surface area (Å²) in [6.45, 7) is 5.73. The number of hydrogen-bond donors (Lipinski definition) is 2. The lowest BCUT2D eigenvalue weighted by atomic mass is 10.0. The van der Waals surface area contributed by atoms with Crippen molar-refractivity contribution in [3.05, 3.63) is 78.4 Å². The molecule has 2 amide bonds. The van der Waals surface area contributed by atoms with Crippen LogP contribution in [-0.4, -0.2) is 57.8 Å². The Morgan fingerprint density at radius 3 is 2.17 bits per heavy atom. The maximum atomic E-state index is 13.3. The summed E-state index contributed by atoms with van der Waals surface area (Å²) in [5, 5.41) is 5.67. The smallest absolute Gasteiger partial charge is 0.255 e. The summed E-state index contributed by atoms with van der Waals surface area (Å²) in [4.78, 5) is 27.6. The van der Waals surface area contributed by atoms with Crippen LogP contribution in [-0.2, 0) is 14.8 Å². The van der Waals surface area contributed by atoms with Gasteiger partial charge in [0.15, 0.2) is 0 Å². The fraction of sp³-hybridized carbons (Fsp3) is 0.333. The highest BCUT2D eigenvalue weighted by atomic mass is 32.2. The van der Waals surface area contributed by atoms with Crippen molar-refractivity contribution in [1.29, 1.82) is 0 Å². The average Bonchev–Trinajstić information content (AvgIpc) is 2.98. The molecule has 2 N–H and O–H groups in total. The van der Waals surface area contributed by atoms with Crippen LogP contribution in [0.5, 0.6) is 5.75 Å². The zero-order valence-corrected chi connectivity index (χ0v) is 23.9. The molecule has 1 aliphatic heterocycles. The van der Waals surface area contributed by atoms with Gasteiger partial charge < -0.3 is 20.3 Å². The number of nitrogens with zero attached hydrogens (tertiary/aromatic N) is 2. The Kier molecular flexibility index (Phi) is 9.44. The van der Waals surface area contributed by atoms with Crippen LogP contribution < -0.4 is 20.3 Å². The number of nitrogens with one attached hydrogen (secondary N) is 2. The molecule has 0 bridgehead atoms. The summed E-state index contributed by atoms with van der Waals surface area (Å²) in [5.74, 6) is 0.250. The van der Waals surface area contributed by atoms with Gasteiger partial charge in [-0.1, -0.05) is 32.0 Å². The monoisotopic (exact) mass is 564 g/mol. The molecule has 0 unspecified atom stereocenters. The largest absolute Gasteiger partial charge is 0.495 e. The number of methoxy groups -OCH3 is 1. The van der Waals surface area contributed by atoms with Crippen LogP contribution >= 0.6 is 0 Å². The van der Waals surface area contributed by atoms with E-state index in [1.807, 2.05) is 38.1 Å². The maximum Gasteiger partial charge on any atom is 0.255 e. The van der Waals surface area contributed by atoms with Gasteiger partial charge in [-0.05, 0) is 67.4 Å². The molecule has 9 nitrogen and oxygen atoms in total. The van der Waals surface area contributed by atoms with Crippen LogP contribution in [0, 0.1) is 5.92 Å². The molecule has 0 spiro atoms. The first-order chi connectivity index (χ1) is 19.3. The number of rotatable bonds is 10. The van der Waals surface area contributed by atoms with Gasteiger partial charge >= 0.3 is 0 Å². The summed E-state index contributed by atoms with van der Waals surface area (Å²) in [7, 11) is -2.06. The number of anilines is 3. The highest BCUT2D eigenvalue weighted by Crippen LogP contribution is 2.29. The molecule has 3 aromatic carbocycles. The molecular formula is C30H36N4O5S. The molecule has 212 valence electrons. The van der Waals surface area contributed by atoms with Gasteiger partial charge in [-0.25, -0.2) is 8.42 Å². The van der Waals surface area contributed by atoms with Gasteiger partial charge in [0.25, 0.3) is 5.91 Å². The predicted molar refractivity (Wildman–Crippen MR) is 158 cm³/mol. The molecule has 0 aliphatic carbocycles. The predicted octanol–water partition coefficient (Wildman–Crippen LogP) is 4.83. The van der Waals surface area contributed by atoms with Crippen molar-refractivity contribution in [2.24, 2.45) is 5.92 Å². The Labute approximate surface area is 236 Å². The Hall–Kier alpha value is -3.89. The second-order valence-electron chi connectivity index (χ2n) is 9.62. The molecule has 4 rings (SSSR count). The quantitative estimate of drug-likeness (QED) is 0.365.